The number of aromatic amines is 1. The average Bonchev–Trinajstić information content (AvgIpc) is 3.18. The maximum absolute atomic E-state index is 13.5. The lowest BCUT2D eigenvalue weighted by Crippen LogP contribution is -2.35. The van der Waals surface area contributed by atoms with Crippen molar-refractivity contribution < 1.29 is 9.18 Å². The zero-order valence-electron chi connectivity index (χ0n) is 12.3. The van der Waals surface area contributed by atoms with Gasteiger partial charge in [0.25, 0.3) is 0 Å². The van der Waals surface area contributed by atoms with E-state index in [2.05, 4.69) is 17.2 Å². The number of halogens is 1. The molecule has 4 heteroatoms. The number of carbonyl (C=O) groups is 1. The first-order chi connectivity index (χ1) is 10.2. The summed E-state index contributed by atoms with van der Waals surface area (Å²) < 4.78 is 13.5. The minimum atomic E-state index is -0.446. The number of benzene rings is 1. The van der Waals surface area contributed by atoms with Gasteiger partial charge >= 0.3 is 0 Å². The van der Waals surface area contributed by atoms with Gasteiger partial charge in [-0.2, -0.15) is 0 Å². The fourth-order valence-electron chi connectivity index (χ4n) is 2.98. The first-order valence-corrected chi connectivity index (χ1v) is 7.73. The molecule has 0 saturated heterocycles. The van der Waals surface area contributed by atoms with Gasteiger partial charge < -0.3 is 10.3 Å². The quantitative estimate of drug-likeness (QED) is 0.783. The molecule has 3 rings (SSSR count). The molecule has 1 saturated carbocycles. The molecule has 1 aliphatic carbocycles. The summed E-state index contributed by atoms with van der Waals surface area (Å²) in [6, 6.07) is 4.68. The highest BCUT2D eigenvalue weighted by Gasteiger charge is 2.52. The second-order valence-corrected chi connectivity index (χ2v) is 5.94. The van der Waals surface area contributed by atoms with Gasteiger partial charge in [0.2, 0.25) is 5.91 Å². The zero-order chi connectivity index (χ0) is 14.9. The molecule has 2 N–H and O–H groups in total. The molecule has 0 radical (unpaired) electrons. The fourth-order valence-corrected chi connectivity index (χ4v) is 2.98. The van der Waals surface area contributed by atoms with Gasteiger partial charge in [-0.25, -0.2) is 4.39 Å². The standard InChI is InChI=1S/C17H21FN2O/c1-2-3-4-9-19-16(21)17(7-8-17)14-11-20-15-6-5-12(18)10-13(14)15/h5-6,10-11,20H,2-4,7-9H2,1H3,(H,19,21). The Morgan fingerprint density at radius 2 is 2.19 bits per heavy atom. The summed E-state index contributed by atoms with van der Waals surface area (Å²) in [5.74, 6) is -0.175. The van der Waals surface area contributed by atoms with E-state index in [-0.39, 0.29) is 11.7 Å². The van der Waals surface area contributed by atoms with E-state index in [1.807, 2.05) is 6.20 Å². The molecule has 0 atom stereocenters. The Labute approximate surface area is 123 Å². The van der Waals surface area contributed by atoms with Crippen LogP contribution in [0.5, 0.6) is 0 Å². The molecule has 0 aliphatic heterocycles. The summed E-state index contributed by atoms with van der Waals surface area (Å²) in [4.78, 5) is 15.6. The molecular formula is C17H21FN2O. The van der Waals surface area contributed by atoms with Gasteiger partial charge in [0.1, 0.15) is 5.82 Å². The number of amides is 1. The number of nitrogens with one attached hydrogen (secondary N) is 2. The lowest BCUT2D eigenvalue weighted by atomic mass is 9.94. The lowest BCUT2D eigenvalue weighted by molar-refractivity contribution is -0.123. The molecule has 0 spiro atoms. The Hall–Kier alpha value is -1.84. The molecule has 1 heterocycles. The van der Waals surface area contributed by atoms with Crippen molar-refractivity contribution >= 4 is 16.8 Å². The monoisotopic (exact) mass is 288 g/mol. The number of aromatic nitrogens is 1. The van der Waals surface area contributed by atoms with Crippen molar-refractivity contribution in [2.45, 2.75) is 44.4 Å². The number of carbonyl (C=O) groups excluding carboxylic acids is 1. The van der Waals surface area contributed by atoms with E-state index in [0.29, 0.717) is 0 Å². The third-order valence-corrected chi connectivity index (χ3v) is 4.41. The van der Waals surface area contributed by atoms with Gasteiger partial charge in [0.05, 0.1) is 5.41 Å². The first-order valence-electron chi connectivity index (χ1n) is 7.73. The minimum Gasteiger partial charge on any atom is -0.361 e. The Kier molecular flexibility index (Phi) is 3.70. The Morgan fingerprint density at radius 1 is 1.38 bits per heavy atom. The van der Waals surface area contributed by atoms with Crippen LogP contribution in [0.2, 0.25) is 0 Å². The van der Waals surface area contributed by atoms with Crippen LogP contribution in [0, 0.1) is 5.82 Å². The number of H-pyrrole nitrogens is 1. The second kappa shape index (κ2) is 5.51. The average molecular weight is 288 g/mol. The second-order valence-electron chi connectivity index (χ2n) is 5.94. The zero-order valence-corrected chi connectivity index (χ0v) is 12.3. The fraction of sp³-hybridized carbons (Fsp3) is 0.471. The maximum Gasteiger partial charge on any atom is 0.230 e. The molecular weight excluding hydrogens is 267 g/mol. The van der Waals surface area contributed by atoms with E-state index < -0.39 is 5.41 Å². The van der Waals surface area contributed by atoms with E-state index >= 15 is 0 Å². The highest BCUT2D eigenvalue weighted by Crippen LogP contribution is 2.50. The minimum absolute atomic E-state index is 0.0868. The van der Waals surface area contributed by atoms with Crippen LogP contribution in [0.1, 0.15) is 44.6 Å². The van der Waals surface area contributed by atoms with Crippen molar-refractivity contribution in [1.82, 2.24) is 10.3 Å². The van der Waals surface area contributed by atoms with Gasteiger partial charge in [-0.3, -0.25) is 4.79 Å². The van der Waals surface area contributed by atoms with E-state index in [1.165, 1.54) is 12.1 Å². The van der Waals surface area contributed by atoms with Crippen molar-refractivity contribution in [3.63, 3.8) is 0 Å². The smallest absolute Gasteiger partial charge is 0.230 e. The Bertz CT molecular complexity index is 658. The van der Waals surface area contributed by atoms with Crippen LogP contribution >= 0.6 is 0 Å². The predicted molar refractivity (Wildman–Crippen MR) is 81.7 cm³/mol. The normalized spacial score (nSPS) is 16.1. The van der Waals surface area contributed by atoms with Crippen molar-refractivity contribution in [2.75, 3.05) is 6.54 Å². The Balaban J connectivity index is 1.80. The summed E-state index contributed by atoms with van der Waals surface area (Å²) in [7, 11) is 0. The molecule has 1 aliphatic rings. The Morgan fingerprint density at radius 3 is 2.90 bits per heavy atom. The van der Waals surface area contributed by atoms with Crippen LogP contribution in [-0.2, 0) is 10.2 Å². The molecule has 3 nitrogen and oxygen atoms in total. The first kappa shape index (κ1) is 14.1. The van der Waals surface area contributed by atoms with Crippen LogP contribution in [0.4, 0.5) is 4.39 Å². The maximum atomic E-state index is 13.5. The number of hydrogen-bond acceptors (Lipinski definition) is 1. The summed E-state index contributed by atoms with van der Waals surface area (Å²) in [5.41, 5.74) is 1.37. The van der Waals surface area contributed by atoms with Crippen LogP contribution < -0.4 is 5.32 Å². The van der Waals surface area contributed by atoms with Crippen LogP contribution in [-0.4, -0.2) is 17.4 Å². The van der Waals surface area contributed by atoms with Gasteiger partial charge in [-0.15, -0.1) is 0 Å². The number of unbranched alkanes of at least 4 members (excludes halogenated alkanes) is 2. The third kappa shape index (κ3) is 2.55. The molecule has 0 unspecified atom stereocenters. The van der Waals surface area contributed by atoms with E-state index in [9.17, 15) is 9.18 Å². The van der Waals surface area contributed by atoms with E-state index in [1.54, 1.807) is 6.07 Å². The van der Waals surface area contributed by atoms with Crippen LogP contribution in [0.3, 0.4) is 0 Å². The summed E-state index contributed by atoms with van der Waals surface area (Å²) in [6.07, 6.45) is 6.84. The largest absolute Gasteiger partial charge is 0.361 e. The van der Waals surface area contributed by atoms with Gasteiger partial charge in [-0.05, 0) is 43.0 Å². The van der Waals surface area contributed by atoms with Crippen LogP contribution in [0.15, 0.2) is 24.4 Å². The van der Waals surface area contributed by atoms with Gasteiger partial charge in [0, 0.05) is 23.6 Å². The van der Waals surface area contributed by atoms with Crippen molar-refractivity contribution in [1.29, 1.82) is 0 Å². The molecule has 112 valence electrons. The topological polar surface area (TPSA) is 44.9 Å². The molecule has 21 heavy (non-hydrogen) atoms. The number of rotatable bonds is 6. The molecule has 1 aromatic carbocycles. The lowest BCUT2D eigenvalue weighted by Gasteiger charge is -2.15. The molecule has 0 bridgehead atoms. The van der Waals surface area contributed by atoms with Gasteiger partial charge in [0.15, 0.2) is 0 Å². The molecule has 1 amide bonds. The number of fused-ring (bicyclic) bond motifs is 1. The summed E-state index contributed by atoms with van der Waals surface area (Å²) in [6.45, 7) is 2.87. The van der Waals surface area contributed by atoms with Gasteiger partial charge in [-0.1, -0.05) is 19.8 Å². The highest BCUT2D eigenvalue weighted by atomic mass is 19.1. The molecule has 2 aromatic rings. The third-order valence-electron chi connectivity index (χ3n) is 4.41. The summed E-state index contributed by atoms with van der Waals surface area (Å²) >= 11 is 0. The van der Waals surface area contributed by atoms with E-state index in [0.717, 1.165) is 55.1 Å². The molecule has 1 aromatic heterocycles. The van der Waals surface area contributed by atoms with Crippen LogP contribution in [0.25, 0.3) is 10.9 Å². The predicted octanol–water partition coefficient (Wildman–Crippen LogP) is 3.65. The molecule has 1 fully saturated rings. The highest BCUT2D eigenvalue weighted by molar-refractivity contribution is 5.97. The van der Waals surface area contributed by atoms with E-state index in [4.69, 9.17) is 0 Å². The number of hydrogen-bond donors (Lipinski definition) is 2. The SMILES string of the molecule is CCCCCNC(=O)C1(c2c[nH]c3ccc(F)cc23)CC1. The van der Waals surface area contributed by atoms with Crippen molar-refractivity contribution in [2.24, 2.45) is 0 Å². The van der Waals surface area contributed by atoms with Crippen molar-refractivity contribution in [3.8, 4) is 0 Å². The van der Waals surface area contributed by atoms with Crippen molar-refractivity contribution in [3.05, 3.63) is 35.8 Å². The summed E-state index contributed by atoms with van der Waals surface area (Å²) in [5, 5.41) is 3.87.